The SMILES string of the molecule is Cc1ccc(NC(=O)c2c(C)nc3sc(C(=O)NC4CCCC4)c(N)c3c2-c2ccc(Br)cc2)c(C)c1. The molecule has 0 bridgehead atoms. The lowest BCUT2D eigenvalue weighted by Gasteiger charge is -2.16. The first-order valence-electron chi connectivity index (χ1n) is 12.4. The summed E-state index contributed by atoms with van der Waals surface area (Å²) in [5.41, 5.74) is 12.4. The molecule has 8 heteroatoms. The number of nitrogen functional groups attached to an aromatic ring is 1. The fourth-order valence-corrected chi connectivity index (χ4v) is 6.40. The number of carbonyl (C=O) groups excluding carboxylic acids is 2. The smallest absolute Gasteiger partial charge is 0.263 e. The second-order valence-electron chi connectivity index (χ2n) is 9.71. The van der Waals surface area contributed by atoms with E-state index in [4.69, 9.17) is 10.7 Å². The van der Waals surface area contributed by atoms with E-state index < -0.39 is 0 Å². The number of benzene rings is 2. The van der Waals surface area contributed by atoms with Crippen LogP contribution in [0.4, 0.5) is 11.4 Å². The normalized spacial score (nSPS) is 13.7. The maximum Gasteiger partial charge on any atom is 0.263 e. The minimum absolute atomic E-state index is 0.173. The Morgan fingerprint density at radius 1 is 1.03 bits per heavy atom. The molecule has 6 nitrogen and oxygen atoms in total. The van der Waals surface area contributed by atoms with Gasteiger partial charge in [-0.25, -0.2) is 4.98 Å². The summed E-state index contributed by atoms with van der Waals surface area (Å²) in [6.45, 7) is 5.82. The molecule has 1 saturated carbocycles. The zero-order valence-corrected chi connectivity index (χ0v) is 23.5. The maximum absolute atomic E-state index is 13.8. The third-order valence-corrected chi connectivity index (χ3v) is 8.57. The van der Waals surface area contributed by atoms with Gasteiger partial charge in [0.1, 0.15) is 9.71 Å². The zero-order valence-electron chi connectivity index (χ0n) is 21.1. The molecule has 190 valence electrons. The summed E-state index contributed by atoms with van der Waals surface area (Å²) in [7, 11) is 0. The van der Waals surface area contributed by atoms with E-state index in [0.29, 0.717) is 37.6 Å². The van der Waals surface area contributed by atoms with Crippen molar-refractivity contribution in [1.29, 1.82) is 0 Å². The summed E-state index contributed by atoms with van der Waals surface area (Å²) in [6, 6.07) is 13.8. The van der Waals surface area contributed by atoms with Gasteiger partial charge in [-0.05, 0) is 62.9 Å². The van der Waals surface area contributed by atoms with E-state index in [1.807, 2.05) is 63.2 Å². The highest BCUT2D eigenvalue weighted by atomic mass is 79.9. The summed E-state index contributed by atoms with van der Waals surface area (Å²) >= 11 is 4.78. The number of pyridine rings is 1. The molecule has 2 amide bonds. The Kier molecular flexibility index (Phi) is 7.05. The number of rotatable bonds is 5. The maximum atomic E-state index is 13.8. The highest BCUT2D eigenvalue weighted by Crippen LogP contribution is 2.42. The minimum atomic E-state index is -0.265. The molecule has 1 aliphatic carbocycles. The molecule has 4 aromatic rings. The Labute approximate surface area is 228 Å². The second kappa shape index (κ2) is 10.3. The first kappa shape index (κ1) is 25.4. The predicted molar refractivity (Wildman–Crippen MR) is 155 cm³/mol. The van der Waals surface area contributed by atoms with Gasteiger partial charge in [0.2, 0.25) is 0 Å². The van der Waals surface area contributed by atoms with E-state index in [9.17, 15) is 9.59 Å². The fraction of sp³-hybridized carbons (Fsp3) is 0.276. The summed E-state index contributed by atoms with van der Waals surface area (Å²) in [5, 5.41) is 6.85. The molecule has 37 heavy (non-hydrogen) atoms. The third kappa shape index (κ3) is 5.00. The molecule has 0 saturated heterocycles. The van der Waals surface area contributed by atoms with Crippen LogP contribution in [0.5, 0.6) is 0 Å². The number of carbonyl (C=O) groups is 2. The van der Waals surface area contributed by atoms with Gasteiger partial charge in [0.05, 0.1) is 16.9 Å². The summed E-state index contributed by atoms with van der Waals surface area (Å²) in [4.78, 5) is 32.8. The van der Waals surface area contributed by atoms with Crippen molar-refractivity contribution in [1.82, 2.24) is 10.3 Å². The van der Waals surface area contributed by atoms with Gasteiger partial charge in [-0.15, -0.1) is 11.3 Å². The lowest BCUT2D eigenvalue weighted by Crippen LogP contribution is -2.32. The number of nitrogens with one attached hydrogen (secondary N) is 2. The molecule has 0 radical (unpaired) electrons. The Morgan fingerprint density at radius 3 is 2.41 bits per heavy atom. The van der Waals surface area contributed by atoms with Crippen molar-refractivity contribution in [2.75, 3.05) is 11.1 Å². The Morgan fingerprint density at radius 2 is 1.73 bits per heavy atom. The van der Waals surface area contributed by atoms with Crippen LogP contribution in [0, 0.1) is 20.8 Å². The summed E-state index contributed by atoms with van der Waals surface area (Å²) < 4.78 is 0.925. The lowest BCUT2D eigenvalue weighted by molar-refractivity contribution is 0.0942. The van der Waals surface area contributed by atoms with E-state index in [-0.39, 0.29) is 17.9 Å². The van der Waals surface area contributed by atoms with Gasteiger partial charge in [0, 0.05) is 27.2 Å². The van der Waals surface area contributed by atoms with Crippen LogP contribution in [0.3, 0.4) is 0 Å². The quantitative estimate of drug-likeness (QED) is 0.235. The molecular formula is C29H29BrN4O2S. The van der Waals surface area contributed by atoms with Crippen molar-refractivity contribution in [3.8, 4) is 11.1 Å². The number of hydrogen-bond acceptors (Lipinski definition) is 5. The van der Waals surface area contributed by atoms with Crippen molar-refractivity contribution < 1.29 is 9.59 Å². The number of aryl methyl sites for hydroxylation is 3. The number of nitrogens with zero attached hydrogens (tertiary/aromatic N) is 1. The van der Waals surface area contributed by atoms with Gasteiger partial charge in [-0.2, -0.15) is 0 Å². The van der Waals surface area contributed by atoms with Crippen molar-refractivity contribution in [2.24, 2.45) is 0 Å². The molecule has 0 unspecified atom stereocenters. The average Bonchev–Trinajstić information content (AvgIpc) is 3.48. The second-order valence-corrected chi connectivity index (χ2v) is 11.6. The number of amides is 2. The molecular weight excluding hydrogens is 548 g/mol. The van der Waals surface area contributed by atoms with Crippen LogP contribution < -0.4 is 16.4 Å². The van der Waals surface area contributed by atoms with Gasteiger partial charge in [-0.1, -0.05) is 58.6 Å². The van der Waals surface area contributed by atoms with Crippen LogP contribution in [0.25, 0.3) is 21.3 Å². The van der Waals surface area contributed by atoms with Crippen LogP contribution in [0.2, 0.25) is 0 Å². The lowest BCUT2D eigenvalue weighted by atomic mass is 9.94. The average molecular weight is 578 g/mol. The van der Waals surface area contributed by atoms with E-state index >= 15 is 0 Å². The summed E-state index contributed by atoms with van der Waals surface area (Å²) in [6.07, 6.45) is 4.22. The van der Waals surface area contributed by atoms with Gasteiger partial charge < -0.3 is 16.4 Å². The molecule has 2 aromatic heterocycles. The molecule has 1 fully saturated rings. The summed E-state index contributed by atoms with van der Waals surface area (Å²) in [5.74, 6) is -0.438. The number of thiophene rings is 1. The van der Waals surface area contributed by atoms with Crippen LogP contribution >= 0.6 is 27.3 Å². The standard InChI is InChI=1S/C29H29BrN4O2S/c1-15-8-13-21(16(2)14-15)34-27(35)22-17(3)32-29-24(23(22)18-9-11-19(30)12-10-18)25(31)26(37-29)28(36)33-20-6-4-5-7-20/h8-14,20H,4-7,31H2,1-3H3,(H,33,36)(H,34,35). The Balaban J connectivity index is 1.66. The van der Waals surface area contributed by atoms with E-state index in [0.717, 1.165) is 52.5 Å². The third-order valence-electron chi connectivity index (χ3n) is 6.94. The predicted octanol–water partition coefficient (Wildman–Crippen LogP) is 7.16. The molecule has 0 atom stereocenters. The number of halogens is 1. The molecule has 4 N–H and O–H groups in total. The topological polar surface area (TPSA) is 97.1 Å². The van der Waals surface area contributed by atoms with Crippen LogP contribution in [0.1, 0.15) is 62.5 Å². The van der Waals surface area contributed by atoms with Gasteiger partial charge in [0.25, 0.3) is 11.8 Å². The first-order chi connectivity index (χ1) is 17.7. The van der Waals surface area contributed by atoms with Crippen molar-refractivity contribution in [3.63, 3.8) is 0 Å². The van der Waals surface area contributed by atoms with E-state index in [1.165, 1.54) is 11.3 Å². The van der Waals surface area contributed by atoms with Gasteiger partial charge >= 0.3 is 0 Å². The minimum Gasteiger partial charge on any atom is -0.397 e. The number of aromatic nitrogens is 1. The fourth-order valence-electron chi connectivity index (χ4n) is 5.08. The number of fused-ring (bicyclic) bond motifs is 1. The molecule has 0 spiro atoms. The highest BCUT2D eigenvalue weighted by Gasteiger charge is 2.28. The van der Waals surface area contributed by atoms with Gasteiger partial charge in [-0.3, -0.25) is 9.59 Å². The molecule has 1 aliphatic rings. The number of nitrogens with two attached hydrogens (primary N) is 1. The van der Waals surface area contributed by atoms with Crippen LogP contribution in [0.15, 0.2) is 46.9 Å². The van der Waals surface area contributed by atoms with Crippen LogP contribution in [-0.2, 0) is 0 Å². The molecule has 5 rings (SSSR count). The van der Waals surface area contributed by atoms with Crippen molar-refractivity contribution >= 4 is 60.7 Å². The number of hydrogen-bond donors (Lipinski definition) is 3. The molecule has 0 aliphatic heterocycles. The molecule has 2 aromatic carbocycles. The van der Waals surface area contributed by atoms with Crippen molar-refractivity contribution in [3.05, 3.63) is 74.2 Å². The van der Waals surface area contributed by atoms with E-state index in [2.05, 4.69) is 26.6 Å². The van der Waals surface area contributed by atoms with E-state index in [1.54, 1.807) is 0 Å². The first-order valence-corrected chi connectivity index (χ1v) is 14.0. The highest BCUT2D eigenvalue weighted by molar-refractivity contribution is 9.10. The van der Waals surface area contributed by atoms with Crippen LogP contribution in [-0.4, -0.2) is 22.8 Å². The number of anilines is 2. The Hall–Kier alpha value is -3.23. The Bertz CT molecular complexity index is 1520. The monoisotopic (exact) mass is 576 g/mol. The molecule has 2 heterocycles. The largest absolute Gasteiger partial charge is 0.397 e. The zero-order chi connectivity index (χ0) is 26.3. The van der Waals surface area contributed by atoms with Gasteiger partial charge in [0.15, 0.2) is 0 Å². The van der Waals surface area contributed by atoms with Crippen molar-refractivity contribution in [2.45, 2.75) is 52.5 Å².